The van der Waals surface area contributed by atoms with Crippen LogP contribution in [0.25, 0.3) is 0 Å². The second-order valence-corrected chi connectivity index (χ2v) is 7.24. The Morgan fingerprint density at radius 2 is 1.22 bits per heavy atom. The molecule has 0 radical (unpaired) electrons. The number of hydrogen-bond acceptors (Lipinski definition) is 0. The Labute approximate surface area is 159 Å². The van der Waals surface area contributed by atoms with Crippen LogP contribution in [-0.4, -0.2) is 0 Å². The summed E-state index contributed by atoms with van der Waals surface area (Å²) in [6.45, 7) is 0. The summed E-state index contributed by atoms with van der Waals surface area (Å²) in [5.41, 5.74) is 2.71. The molecule has 0 amide bonds. The standard InChI is InChI=1S/C25H22F2/c26-24(27)23-20(17-16-19-10-4-1-5-11-19)18-25(23,21-12-6-2-7-13-21)22-14-8-3-9-15-22/h1-15,20H,16-18H2. The van der Waals surface area contributed by atoms with Gasteiger partial charge in [0.1, 0.15) is 0 Å². The third kappa shape index (κ3) is 3.21. The molecule has 0 bridgehead atoms. The first-order valence-electron chi connectivity index (χ1n) is 9.42. The van der Waals surface area contributed by atoms with Crippen molar-refractivity contribution in [3.05, 3.63) is 119 Å². The average molecular weight is 360 g/mol. The molecule has 0 heterocycles. The van der Waals surface area contributed by atoms with Crippen LogP contribution in [0.2, 0.25) is 0 Å². The maximum absolute atomic E-state index is 14.2. The number of hydrogen-bond donors (Lipinski definition) is 0. The molecule has 1 fully saturated rings. The van der Waals surface area contributed by atoms with E-state index in [4.69, 9.17) is 0 Å². The molecule has 1 saturated carbocycles. The van der Waals surface area contributed by atoms with Crippen molar-refractivity contribution < 1.29 is 8.78 Å². The summed E-state index contributed by atoms with van der Waals surface area (Å²) in [5, 5.41) is 0. The van der Waals surface area contributed by atoms with Gasteiger partial charge in [0.15, 0.2) is 0 Å². The fourth-order valence-electron chi connectivity index (χ4n) is 4.51. The van der Waals surface area contributed by atoms with Crippen LogP contribution >= 0.6 is 0 Å². The Hall–Kier alpha value is -2.74. The lowest BCUT2D eigenvalue weighted by molar-refractivity contribution is 0.246. The van der Waals surface area contributed by atoms with E-state index in [-0.39, 0.29) is 5.92 Å². The predicted molar refractivity (Wildman–Crippen MR) is 106 cm³/mol. The first-order valence-corrected chi connectivity index (χ1v) is 9.42. The number of benzene rings is 3. The quantitative estimate of drug-likeness (QED) is 0.471. The van der Waals surface area contributed by atoms with Gasteiger partial charge in [-0.05, 0) is 41.9 Å². The van der Waals surface area contributed by atoms with Gasteiger partial charge in [0, 0.05) is 11.0 Å². The molecule has 2 heteroatoms. The smallest absolute Gasteiger partial charge is 0.173 e. The minimum atomic E-state index is -1.52. The first-order chi connectivity index (χ1) is 13.2. The van der Waals surface area contributed by atoms with Crippen molar-refractivity contribution in [1.82, 2.24) is 0 Å². The summed E-state index contributed by atoms with van der Waals surface area (Å²) >= 11 is 0. The van der Waals surface area contributed by atoms with Gasteiger partial charge in [-0.1, -0.05) is 91.0 Å². The molecule has 136 valence electrons. The zero-order valence-corrected chi connectivity index (χ0v) is 15.1. The SMILES string of the molecule is FC(F)=C1C(CCc2ccccc2)CC1(c1ccccc1)c1ccccc1. The molecule has 3 aromatic rings. The Bertz CT molecular complexity index is 871. The predicted octanol–water partition coefficient (Wildman–Crippen LogP) is 6.78. The maximum atomic E-state index is 14.2. The number of halogens is 2. The lowest BCUT2D eigenvalue weighted by Crippen LogP contribution is -2.46. The topological polar surface area (TPSA) is 0 Å². The van der Waals surface area contributed by atoms with Gasteiger partial charge in [-0.25, -0.2) is 0 Å². The molecule has 0 N–H and O–H groups in total. The van der Waals surface area contributed by atoms with Crippen molar-refractivity contribution in [2.45, 2.75) is 24.7 Å². The first kappa shape index (κ1) is 17.7. The van der Waals surface area contributed by atoms with Gasteiger partial charge >= 0.3 is 0 Å². The van der Waals surface area contributed by atoms with Crippen LogP contribution in [0.5, 0.6) is 0 Å². The third-order valence-corrected chi connectivity index (χ3v) is 5.78. The Morgan fingerprint density at radius 1 is 0.741 bits per heavy atom. The van der Waals surface area contributed by atoms with Crippen molar-refractivity contribution in [1.29, 1.82) is 0 Å². The summed E-state index contributed by atoms with van der Waals surface area (Å²) in [6, 6.07) is 29.6. The fraction of sp³-hybridized carbons (Fsp3) is 0.200. The van der Waals surface area contributed by atoms with E-state index in [0.717, 1.165) is 30.4 Å². The highest BCUT2D eigenvalue weighted by Gasteiger charge is 2.53. The lowest BCUT2D eigenvalue weighted by Gasteiger charge is -2.51. The summed E-state index contributed by atoms with van der Waals surface area (Å²) in [6.07, 6.45) is 0.771. The van der Waals surface area contributed by atoms with E-state index in [1.165, 1.54) is 5.56 Å². The van der Waals surface area contributed by atoms with Crippen LogP contribution in [0, 0.1) is 5.92 Å². The normalized spacial score (nSPS) is 18.0. The molecule has 27 heavy (non-hydrogen) atoms. The number of rotatable bonds is 5. The second kappa shape index (κ2) is 7.48. The lowest BCUT2D eigenvalue weighted by atomic mass is 9.51. The van der Waals surface area contributed by atoms with Crippen LogP contribution in [-0.2, 0) is 11.8 Å². The van der Waals surface area contributed by atoms with Crippen molar-refractivity contribution in [2.24, 2.45) is 5.92 Å². The van der Waals surface area contributed by atoms with Crippen LogP contribution in [0.3, 0.4) is 0 Å². The zero-order chi connectivity index (χ0) is 18.7. The summed E-state index contributed by atoms with van der Waals surface area (Å²) in [4.78, 5) is 0. The molecule has 0 aromatic heterocycles. The van der Waals surface area contributed by atoms with Gasteiger partial charge < -0.3 is 0 Å². The molecule has 0 saturated heterocycles. The Morgan fingerprint density at radius 3 is 1.70 bits per heavy atom. The highest BCUT2D eigenvalue weighted by atomic mass is 19.3. The van der Waals surface area contributed by atoms with Crippen LogP contribution in [0.4, 0.5) is 8.78 Å². The van der Waals surface area contributed by atoms with Crippen LogP contribution < -0.4 is 0 Å². The molecule has 1 aliphatic carbocycles. The van der Waals surface area contributed by atoms with E-state index in [9.17, 15) is 8.78 Å². The maximum Gasteiger partial charge on any atom is 0.271 e. The monoisotopic (exact) mass is 360 g/mol. The Balaban J connectivity index is 1.69. The molecular formula is C25H22F2. The van der Waals surface area contributed by atoms with E-state index < -0.39 is 11.5 Å². The van der Waals surface area contributed by atoms with Gasteiger partial charge in [0.05, 0.1) is 0 Å². The summed E-state index contributed by atoms with van der Waals surface area (Å²) in [5.74, 6) is -0.0874. The highest BCUT2D eigenvalue weighted by Crippen LogP contribution is 2.59. The molecule has 3 aromatic carbocycles. The molecule has 1 atom stereocenters. The van der Waals surface area contributed by atoms with Crippen molar-refractivity contribution >= 4 is 0 Å². The molecule has 1 unspecified atom stereocenters. The molecule has 0 aliphatic heterocycles. The van der Waals surface area contributed by atoms with Crippen LogP contribution in [0.1, 0.15) is 29.5 Å². The van der Waals surface area contributed by atoms with Gasteiger partial charge in [0.2, 0.25) is 0 Å². The average Bonchev–Trinajstić information content (AvgIpc) is 2.69. The summed E-state index contributed by atoms with van der Waals surface area (Å²) < 4.78 is 28.4. The number of allylic oxidation sites excluding steroid dienone is 1. The zero-order valence-electron chi connectivity index (χ0n) is 15.1. The van der Waals surface area contributed by atoms with E-state index in [1.807, 2.05) is 78.9 Å². The van der Waals surface area contributed by atoms with Crippen molar-refractivity contribution in [3.63, 3.8) is 0 Å². The van der Waals surface area contributed by atoms with Crippen molar-refractivity contribution in [3.8, 4) is 0 Å². The summed E-state index contributed by atoms with van der Waals surface area (Å²) in [7, 11) is 0. The van der Waals surface area contributed by atoms with E-state index >= 15 is 0 Å². The van der Waals surface area contributed by atoms with E-state index in [2.05, 4.69) is 12.1 Å². The molecule has 0 spiro atoms. The highest BCUT2D eigenvalue weighted by molar-refractivity contribution is 5.55. The molecule has 1 aliphatic rings. The molecule has 4 rings (SSSR count). The fourth-order valence-corrected chi connectivity index (χ4v) is 4.51. The molecular weight excluding hydrogens is 338 g/mol. The van der Waals surface area contributed by atoms with E-state index in [1.54, 1.807) is 0 Å². The van der Waals surface area contributed by atoms with E-state index in [0.29, 0.717) is 5.57 Å². The van der Waals surface area contributed by atoms with Crippen molar-refractivity contribution in [2.75, 3.05) is 0 Å². The minimum Gasteiger partial charge on any atom is -0.173 e. The third-order valence-electron chi connectivity index (χ3n) is 5.78. The van der Waals surface area contributed by atoms with Crippen LogP contribution in [0.15, 0.2) is 103 Å². The largest absolute Gasteiger partial charge is 0.271 e. The van der Waals surface area contributed by atoms with Gasteiger partial charge in [-0.3, -0.25) is 0 Å². The Kier molecular flexibility index (Phi) is 4.89. The van der Waals surface area contributed by atoms with Gasteiger partial charge in [0.25, 0.3) is 6.08 Å². The second-order valence-electron chi connectivity index (χ2n) is 7.24. The number of aryl methyl sites for hydroxylation is 1. The molecule has 0 nitrogen and oxygen atoms in total. The van der Waals surface area contributed by atoms with Gasteiger partial charge in [-0.15, -0.1) is 0 Å². The van der Waals surface area contributed by atoms with Gasteiger partial charge in [-0.2, -0.15) is 8.78 Å². The minimum absolute atomic E-state index is 0.0874.